The molecule has 0 aromatic heterocycles. The van der Waals surface area contributed by atoms with Gasteiger partial charge in [-0.1, -0.05) is 30.3 Å². The molecule has 1 aliphatic rings. The SMILES string of the molecule is CC(C)(C)OC(=O)NCCC1CCN(C(=O)OCc2ccccc2)C1. The maximum atomic E-state index is 12.1. The lowest BCUT2D eigenvalue weighted by Crippen LogP contribution is -2.34. The fourth-order valence-corrected chi connectivity index (χ4v) is 2.74. The van der Waals surface area contributed by atoms with Crippen LogP contribution in [-0.2, 0) is 16.1 Å². The second-order valence-electron chi connectivity index (χ2n) is 7.36. The van der Waals surface area contributed by atoms with Gasteiger partial charge in [-0.15, -0.1) is 0 Å². The fraction of sp³-hybridized carbons (Fsp3) is 0.579. The average molecular weight is 348 g/mol. The Kier molecular flexibility index (Phi) is 6.67. The van der Waals surface area contributed by atoms with E-state index >= 15 is 0 Å². The molecule has 1 fully saturated rings. The zero-order chi connectivity index (χ0) is 18.3. The lowest BCUT2D eigenvalue weighted by molar-refractivity contribution is 0.0524. The summed E-state index contributed by atoms with van der Waals surface area (Å²) in [5.41, 5.74) is 0.490. The first-order chi connectivity index (χ1) is 11.8. The second kappa shape index (κ2) is 8.74. The van der Waals surface area contributed by atoms with Crippen LogP contribution in [0.2, 0.25) is 0 Å². The number of nitrogens with one attached hydrogen (secondary N) is 1. The number of likely N-dealkylation sites (tertiary alicyclic amines) is 1. The molecule has 2 rings (SSSR count). The summed E-state index contributed by atoms with van der Waals surface area (Å²) in [7, 11) is 0. The minimum Gasteiger partial charge on any atom is -0.445 e. The highest BCUT2D eigenvalue weighted by molar-refractivity contribution is 5.68. The Balaban J connectivity index is 1.64. The molecule has 1 atom stereocenters. The van der Waals surface area contributed by atoms with Crippen molar-refractivity contribution >= 4 is 12.2 Å². The van der Waals surface area contributed by atoms with Gasteiger partial charge in [-0.05, 0) is 45.1 Å². The molecule has 6 nitrogen and oxygen atoms in total. The lowest BCUT2D eigenvalue weighted by Gasteiger charge is -2.20. The molecule has 25 heavy (non-hydrogen) atoms. The van der Waals surface area contributed by atoms with Crippen LogP contribution in [0.4, 0.5) is 9.59 Å². The van der Waals surface area contributed by atoms with Gasteiger partial charge in [0.2, 0.25) is 0 Å². The fourth-order valence-electron chi connectivity index (χ4n) is 2.74. The normalized spacial score (nSPS) is 17.2. The van der Waals surface area contributed by atoms with E-state index in [-0.39, 0.29) is 6.09 Å². The molecule has 6 heteroatoms. The van der Waals surface area contributed by atoms with Crippen LogP contribution in [0, 0.1) is 5.92 Å². The van der Waals surface area contributed by atoms with Crippen LogP contribution < -0.4 is 5.32 Å². The highest BCUT2D eigenvalue weighted by Crippen LogP contribution is 2.20. The summed E-state index contributed by atoms with van der Waals surface area (Å²) in [5.74, 6) is 0.374. The predicted octanol–water partition coefficient (Wildman–Crippen LogP) is 3.56. The zero-order valence-corrected chi connectivity index (χ0v) is 15.3. The molecule has 1 aliphatic heterocycles. The number of hydrogen-bond donors (Lipinski definition) is 1. The molecular formula is C19H28N2O4. The number of benzene rings is 1. The van der Waals surface area contributed by atoms with Crippen molar-refractivity contribution in [2.45, 2.75) is 45.8 Å². The third-order valence-corrected chi connectivity index (χ3v) is 3.97. The van der Waals surface area contributed by atoms with Gasteiger partial charge in [0.05, 0.1) is 0 Å². The molecule has 2 amide bonds. The number of carbonyl (C=O) groups excluding carboxylic acids is 2. The van der Waals surface area contributed by atoms with E-state index in [4.69, 9.17) is 9.47 Å². The standard InChI is InChI=1S/C19H28N2O4/c1-19(2,3)25-17(22)20-11-9-15-10-12-21(13-15)18(23)24-14-16-7-5-4-6-8-16/h4-8,15H,9-14H2,1-3H3,(H,20,22). The van der Waals surface area contributed by atoms with E-state index in [0.717, 1.165) is 18.4 Å². The number of rotatable bonds is 5. The Morgan fingerprint density at radius 2 is 1.96 bits per heavy atom. The van der Waals surface area contributed by atoms with E-state index in [1.54, 1.807) is 4.90 Å². The van der Waals surface area contributed by atoms with Crippen LogP contribution in [0.3, 0.4) is 0 Å². The van der Waals surface area contributed by atoms with Crippen LogP contribution in [-0.4, -0.2) is 42.3 Å². The Hall–Kier alpha value is -2.24. The van der Waals surface area contributed by atoms with Gasteiger partial charge in [0.15, 0.2) is 0 Å². The van der Waals surface area contributed by atoms with E-state index in [2.05, 4.69) is 5.32 Å². The number of nitrogens with zero attached hydrogens (tertiary/aromatic N) is 1. The Labute approximate surface area is 149 Å². The quantitative estimate of drug-likeness (QED) is 0.883. The number of carbonyl (C=O) groups is 2. The predicted molar refractivity (Wildman–Crippen MR) is 95.2 cm³/mol. The van der Waals surface area contributed by atoms with E-state index in [0.29, 0.717) is 32.2 Å². The molecule has 0 spiro atoms. The summed E-state index contributed by atoms with van der Waals surface area (Å²) in [6.07, 6.45) is 1.08. The first-order valence-corrected chi connectivity index (χ1v) is 8.76. The first-order valence-electron chi connectivity index (χ1n) is 8.76. The smallest absolute Gasteiger partial charge is 0.410 e. The van der Waals surface area contributed by atoms with Gasteiger partial charge in [-0.2, -0.15) is 0 Å². The Morgan fingerprint density at radius 1 is 1.24 bits per heavy atom. The number of ether oxygens (including phenoxy) is 2. The van der Waals surface area contributed by atoms with Gasteiger partial charge in [0.1, 0.15) is 12.2 Å². The van der Waals surface area contributed by atoms with Crippen molar-refractivity contribution in [3.05, 3.63) is 35.9 Å². The van der Waals surface area contributed by atoms with Crippen molar-refractivity contribution in [3.8, 4) is 0 Å². The van der Waals surface area contributed by atoms with Crippen LogP contribution in [0.25, 0.3) is 0 Å². The van der Waals surface area contributed by atoms with E-state index in [1.807, 2.05) is 51.1 Å². The first kappa shape index (κ1) is 19.1. The second-order valence-corrected chi connectivity index (χ2v) is 7.36. The van der Waals surface area contributed by atoms with Crippen LogP contribution >= 0.6 is 0 Å². The zero-order valence-electron chi connectivity index (χ0n) is 15.3. The van der Waals surface area contributed by atoms with Gasteiger partial charge in [-0.3, -0.25) is 0 Å². The molecule has 1 saturated heterocycles. The molecule has 1 aromatic rings. The van der Waals surface area contributed by atoms with E-state index < -0.39 is 11.7 Å². The molecule has 0 aliphatic carbocycles. The number of amides is 2. The van der Waals surface area contributed by atoms with Gasteiger partial charge in [0, 0.05) is 19.6 Å². The van der Waals surface area contributed by atoms with Gasteiger partial charge in [-0.25, -0.2) is 9.59 Å². The van der Waals surface area contributed by atoms with Crippen molar-refractivity contribution < 1.29 is 19.1 Å². The monoisotopic (exact) mass is 348 g/mol. The number of hydrogen-bond acceptors (Lipinski definition) is 4. The minimum absolute atomic E-state index is 0.272. The van der Waals surface area contributed by atoms with Gasteiger partial charge >= 0.3 is 12.2 Å². The summed E-state index contributed by atoms with van der Waals surface area (Å²) >= 11 is 0. The van der Waals surface area contributed by atoms with Crippen molar-refractivity contribution in [3.63, 3.8) is 0 Å². The molecule has 1 aromatic carbocycles. The van der Waals surface area contributed by atoms with Crippen LogP contribution in [0.1, 0.15) is 39.2 Å². The van der Waals surface area contributed by atoms with Crippen molar-refractivity contribution in [1.82, 2.24) is 10.2 Å². The van der Waals surface area contributed by atoms with Gasteiger partial charge in [0.25, 0.3) is 0 Å². The topological polar surface area (TPSA) is 67.9 Å². The highest BCUT2D eigenvalue weighted by atomic mass is 16.6. The third-order valence-electron chi connectivity index (χ3n) is 3.97. The summed E-state index contributed by atoms with van der Waals surface area (Å²) in [6, 6.07) is 9.64. The highest BCUT2D eigenvalue weighted by Gasteiger charge is 2.27. The van der Waals surface area contributed by atoms with E-state index in [9.17, 15) is 9.59 Å². The molecule has 1 unspecified atom stereocenters. The number of alkyl carbamates (subject to hydrolysis) is 1. The maximum absolute atomic E-state index is 12.1. The largest absolute Gasteiger partial charge is 0.445 e. The van der Waals surface area contributed by atoms with Crippen molar-refractivity contribution in [2.75, 3.05) is 19.6 Å². The molecular weight excluding hydrogens is 320 g/mol. The molecule has 0 bridgehead atoms. The lowest BCUT2D eigenvalue weighted by atomic mass is 10.1. The van der Waals surface area contributed by atoms with Crippen molar-refractivity contribution in [2.24, 2.45) is 5.92 Å². The summed E-state index contributed by atoms with van der Waals surface area (Å²) in [5, 5.41) is 2.76. The van der Waals surface area contributed by atoms with Gasteiger partial charge < -0.3 is 19.7 Å². The molecule has 0 radical (unpaired) electrons. The molecule has 0 saturated carbocycles. The minimum atomic E-state index is -0.489. The molecule has 138 valence electrons. The Bertz CT molecular complexity index is 569. The molecule has 1 heterocycles. The summed E-state index contributed by atoms with van der Waals surface area (Å²) in [6.45, 7) is 7.72. The molecule has 1 N–H and O–H groups in total. The van der Waals surface area contributed by atoms with E-state index in [1.165, 1.54) is 0 Å². The maximum Gasteiger partial charge on any atom is 0.410 e. The van der Waals surface area contributed by atoms with Crippen LogP contribution in [0.5, 0.6) is 0 Å². The average Bonchev–Trinajstić information content (AvgIpc) is 3.01. The van der Waals surface area contributed by atoms with Crippen LogP contribution in [0.15, 0.2) is 30.3 Å². The van der Waals surface area contributed by atoms with Crippen molar-refractivity contribution in [1.29, 1.82) is 0 Å². The summed E-state index contributed by atoms with van der Waals surface area (Å²) < 4.78 is 10.6. The third kappa shape index (κ3) is 7.03. The summed E-state index contributed by atoms with van der Waals surface area (Å²) in [4.78, 5) is 25.5. The Morgan fingerprint density at radius 3 is 2.64 bits per heavy atom.